The Labute approximate surface area is 146 Å². The van der Waals surface area contributed by atoms with E-state index in [0.717, 1.165) is 45.1 Å². The van der Waals surface area contributed by atoms with Crippen molar-refractivity contribution in [1.29, 1.82) is 0 Å². The van der Waals surface area contributed by atoms with Crippen molar-refractivity contribution in [2.45, 2.75) is 39.5 Å². The van der Waals surface area contributed by atoms with Gasteiger partial charge in [-0.25, -0.2) is 0 Å². The van der Waals surface area contributed by atoms with Gasteiger partial charge in [0.15, 0.2) is 5.78 Å². The number of hydrogen-bond donors (Lipinski definition) is 1. The number of nitrogens with two attached hydrogens (primary N) is 1. The molecule has 1 aromatic heterocycles. The molecule has 4 nitrogen and oxygen atoms in total. The van der Waals surface area contributed by atoms with Gasteiger partial charge in [0.05, 0.1) is 0 Å². The van der Waals surface area contributed by atoms with Gasteiger partial charge in [0.25, 0.3) is 0 Å². The summed E-state index contributed by atoms with van der Waals surface area (Å²) in [7, 11) is 0. The Hall–Kier alpha value is -2.14. The molecule has 0 atom stereocenters. The summed E-state index contributed by atoms with van der Waals surface area (Å²) in [6.07, 6.45) is 2.30. The fourth-order valence-electron chi connectivity index (χ4n) is 3.31. The third-order valence-corrected chi connectivity index (χ3v) is 5.46. The number of hydrogen-bond acceptors (Lipinski definition) is 4. The highest BCUT2D eigenvalue weighted by atomic mass is 32.1. The van der Waals surface area contributed by atoms with Crippen LogP contribution in [0.25, 0.3) is 0 Å². The van der Waals surface area contributed by atoms with Crippen LogP contribution in [0.3, 0.4) is 0 Å². The first kappa shape index (κ1) is 16.7. The Balaban J connectivity index is 1.70. The fraction of sp³-hybridized carbons (Fsp3) is 0.368. The van der Waals surface area contributed by atoms with Crippen molar-refractivity contribution in [2.24, 2.45) is 0 Å². The average Bonchev–Trinajstić information content (AvgIpc) is 2.91. The van der Waals surface area contributed by atoms with Gasteiger partial charge < -0.3 is 10.6 Å². The maximum atomic E-state index is 12.6. The third kappa shape index (κ3) is 3.22. The van der Waals surface area contributed by atoms with Crippen LogP contribution in [0.2, 0.25) is 0 Å². The van der Waals surface area contributed by atoms with Crippen molar-refractivity contribution >= 4 is 34.4 Å². The van der Waals surface area contributed by atoms with E-state index in [2.05, 4.69) is 0 Å². The molecule has 0 bridgehead atoms. The number of nitrogens with zero attached hydrogens (tertiary/aromatic N) is 1. The maximum Gasteiger partial charge on any atom is 0.227 e. The zero-order valence-corrected chi connectivity index (χ0v) is 14.9. The Morgan fingerprint density at radius 3 is 2.75 bits per heavy atom. The third-order valence-electron chi connectivity index (χ3n) is 4.50. The fourth-order valence-corrected chi connectivity index (χ4v) is 4.25. The van der Waals surface area contributed by atoms with Crippen molar-refractivity contribution in [3.05, 3.63) is 45.1 Å². The van der Waals surface area contributed by atoms with Gasteiger partial charge in [-0.15, -0.1) is 11.3 Å². The minimum absolute atomic E-state index is 0.000459. The summed E-state index contributed by atoms with van der Waals surface area (Å²) in [5.41, 5.74) is 9.48. The Bertz CT molecular complexity index is 795. The summed E-state index contributed by atoms with van der Waals surface area (Å²) in [5.74, 6) is 0.0505. The number of amides is 1. The van der Waals surface area contributed by atoms with Crippen LogP contribution in [-0.2, 0) is 11.2 Å². The summed E-state index contributed by atoms with van der Waals surface area (Å²) in [5, 5.41) is 0. The molecular formula is C19H22N2O2S. The molecule has 0 saturated carbocycles. The number of Topliss-reactive ketones (excluding diaryl/α,β-unsaturated/α-hetero) is 1. The van der Waals surface area contributed by atoms with E-state index in [9.17, 15) is 9.59 Å². The molecule has 2 N–H and O–H groups in total. The SMILES string of the molecule is Cc1cc(C(=O)CCC(=O)N2CCCc3c(N)cccc32)c(C)s1. The molecular weight excluding hydrogens is 320 g/mol. The second kappa shape index (κ2) is 6.77. The van der Waals surface area contributed by atoms with E-state index in [1.165, 1.54) is 0 Å². The standard InChI is InChI=1S/C19H22N2O2S/c1-12-11-15(13(2)24-12)18(22)8-9-19(23)21-10-4-5-14-16(20)6-3-7-17(14)21/h3,6-7,11H,4-5,8-10,20H2,1-2H3. The lowest BCUT2D eigenvalue weighted by Gasteiger charge is -2.30. The summed E-state index contributed by atoms with van der Waals surface area (Å²) in [6.45, 7) is 4.64. The van der Waals surface area contributed by atoms with Crippen molar-refractivity contribution in [1.82, 2.24) is 0 Å². The molecule has 1 aliphatic rings. The van der Waals surface area contributed by atoms with Crippen LogP contribution in [-0.4, -0.2) is 18.2 Å². The molecule has 1 amide bonds. The monoisotopic (exact) mass is 342 g/mol. The summed E-state index contributed by atoms with van der Waals surface area (Å²) in [4.78, 5) is 29.0. The predicted octanol–water partition coefficient (Wildman–Crippen LogP) is 3.89. The van der Waals surface area contributed by atoms with Crippen LogP contribution < -0.4 is 10.6 Å². The lowest BCUT2D eigenvalue weighted by atomic mass is 9.99. The van der Waals surface area contributed by atoms with Crippen LogP contribution in [0.15, 0.2) is 24.3 Å². The lowest BCUT2D eigenvalue weighted by Crippen LogP contribution is -2.35. The molecule has 3 rings (SSSR count). The topological polar surface area (TPSA) is 63.4 Å². The van der Waals surface area contributed by atoms with Gasteiger partial charge in [-0.2, -0.15) is 0 Å². The number of anilines is 2. The van der Waals surface area contributed by atoms with Gasteiger partial charge in [0.2, 0.25) is 5.91 Å². The van der Waals surface area contributed by atoms with E-state index in [0.29, 0.717) is 6.54 Å². The average molecular weight is 342 g/mol. The number of benzene rings is 1. The molecule has 0 aliphatic carbocycles. The first-order valence-electron chi connectivity index (χ1n) is 8.25. The summed E-state index contributed by atoms with van der Waals surface area (Å²) >= 11 is 1.62. The number of nitrogen functional groups attached to an aromatic ring is 1. The predicted molar refractivity (Wildman–Crippen MR) is 98.9 cm³/mol. The molecule has 126 valence electrons. The second-order valence-electron chi connectivity index (χ2n) is 6.24. The van der Waals surface area contributed by atoms with Crippen LogP contribution in [0.1, 0.15) is 44.9 Å². The molecule has 1 aliphatic heterocycles. The highest BCUT2D eigenvalue weighted by molar-refractivity contribution is 7.12. The number of aryl methyl sites for hydroxylation is 2. The zero-order valence-electron chi connectivity index (χ0n) is 14.1. The maximum absolute atomic E-state index is 12.6. The van der Waals surface area contributed by atoms with Gasteiger partial charge in [0, 0.05) is 46.1 Å². The Morgan fingerprint density at radius 2 is 2.04 bits per heavy atom. The summed E-state index contributed by atoms with van der Waals surface area (Å²) < 4.78 is 0. The van der Waals surface area contributed by atoms with Gasteiger partial charge in [-0.1, -0.05) is 6.07 Å². The number of rotatable bonds is 4. The van der Waals surface area contributed by atoms with E-state index in [1.807, 2.05) is 38.1 Å². The quantitative estimate of drug-likeness (QED) is 0.677. The smallest absolute Gasteiger partial charge is 0.227 e. The number of ketones is 1. The highest BCUT2D eigenvalue weighted by Gasteiger charge is 2.24. The molecule has 0 saturated heterocycles. The number of carbonyl (C=O) groups is 2. The van der Waals surface area contributed by atoms with Crippen molar-refractivity contribution in [3.63, 3.8) is 0 Å². The van der Waals surface area contributed by atoms with E-state index < -0.39 is 0 Å². The van der Waals surface area contributed by atoms with Gasteiger partial charge >= 0.3 is 0 Å². The van der Waals surface area contributed by atoms with Crippen LogP contribution in [0.4, 0.5) is 11.4 Å². The molecule has 0 radical (unpaired) electrons. The van der Waals surface area contributed by atoms with Crippen LogP contribution in [0.5, 0.6) is 0 Å². The van der Waals surface area contributed by atoms with Crippen molar-refractivity contribution in [2.75, 3.05) is 17.2 Å². The molecule has 1 aromatic carbocycles. The van der Waals surface area contributed by atoms with Gasteiger partial charge in [-0.05, 0) is 50.5 Å². The summed E-state index contributed by atoms with van der Waals surface area (Å²) in [6, 6.07) is 7.61. The Kier molecular flexibility index (Phi) is 4.71. The molecule has 2 heterocycles. The first-order valence-corrected chi connectivity index (χ1v) is 9.07. The first-order chi connectivity index (χ1) is 11.5. The lowest BCUT2D eigenvalue weighted by molar-refractivity contribution is -0.118. The molecule has 0 spiro atoms. The van der Waals surface area contributed by atoms with Crippen molar-refractivity contribution in [3.8, 4) is 0 Å². The van der Waals surface area contributed by atoms with E-state index in [1.54, 1.807) is 16.2 Å². The number of thiophene rings is 1. The van der Waals surface area contributed by atoms with Gasteiger partial charge in [-0.3, -0.25) is 9.59 Å². The molecule has 24 heavy (non-hydrogen) atoms. The molecule has 5 heteroatoms. The zero-order chi connectivity index (χ0) is 17.3. The van der Waals surface area contributed by atoms with E-state index in [-0.39, 0.29) is 24.5 Å². The molecule has 2 aromatic rings. The van der Waals surface area contributed by atoms with Gasteiger partial charge in [0.1, 0.15) is 0 Å². The highest BCUT2D eigenvalue weighted by Crippen LogP contribution is 2.32. The minimum Gasteiger partial charge on any atom is -0.398 e. The normalized spacial score (nSPS) is 13.7. The van der Waals surface area contributed by atoms with E-state index >= 15 is 0 Å². The Morgan fingerprint density at radius 1 is 1.25 bits per heavy atom. The molecule has 0 fully saturated rings. The van der Waals surface area contributed by atoms with Crippen molar-refractivity contribution < 1.29 is 9.59 Å². The molecule has 0 unspecified atom stereocenters. The van der Waals surface area contributed by atoms with E-state index in [4.69, 9.17) is 5.73 Å². The largest absolute Gasteiger partial charge is 0.398 e. The minimum atomic E-state index is -0.000459. The van der Waals surface area contributed by atoms with Crippen LogP contribution in [0, 0.1) is 13.8 Å². The second-order valence-corrected chi connectivity index (χ2v) is 7.70. The number of fused-ring (bicyclic) bond motifs is 1. The number of carbonyl (C=O) groups excluding carboxylic acids is 2. The van der Waals surface area contributed by atoms with Crippen LogP contribution >= 0.6 is 11.3 Å².